The van der Waals surface area contributed by atoms with Gasteiger partial charge in [-0.15, -0.1) is 11.8 Å². The van der Waals surface area contributed by atoms with E-state index in [-0.39, 0.29) is 11.8 Å². The van der Waals surface area contributed by atoms with Crippen molar-refractivity contribution in [2.75, 3.05) is 26.5 Å². The van der Waals surface area contributed by atoms with Crippen LogP contribution in [-0.2, 0) is 0 Å². The van der Waals surface area contributed by atoms with Gasteiger partial charge in [0.2, 0.25) is 0 Å². The summed E-state index contributed by atoms with van der Waals surface area (Å²) in [6, 6.07) is 13.1. The van der Waals surface area contributed by atoms with Crippen molar-refractivity contribution in [3.05, 3.63) is 58.9 Å². The number of rotatable bonds is 5. The van der Waals surface area contributed by atoms with E-state index in [1.165, 1.54) is 0 Å². The Morgan fingerprint density at radius 2 is 2.13 bits per heavy atom. The molecule has 0 aliphatic carbocycles. The number of amides is 1. The molecule has 2 heterocycles. The number of carbonyl (C=O) groups excluding carboxylic acids is 1. The molecule has 0 unspecified atom stereocenters. The summed E-state index contributed by atoms with van der Waals surface area (Å²) in [6.45, 7) is 1.22. The third kappa shape index (κ3) is 4.18. The average molecular weight is 444 g/mol. The van der Waals surface area contributed by atoms with E-state index in [1.807, 2.05) is 47.6 Å². The molecule has 3 aromatic rings. The number of hydrogen-bond donors (Lipinski definition) is 0. The zero-order valence-electron chi connectivity index (χ0n) is 16.8. The lowest BCUT2D eigenvalue weighted by atomic mass is 9.96. The Hall–Kier alpha value is -2.51. The Morgan fingerprint density at radius 1 is 1.30 bits per heavy atom. The second-order valence-electron chi connectivity index (χ2n) is 7.09. The highest BCUT2D eigenvalue weighted by Gasteiger charge is 2.30. The molecule has 0 radical (unpaired) electrons. The molecule has 0 saturated carbocycles. The summed E-state index contributed by atoms with van der Waals surface area (Å²) in [4.78, 5) is 20.6. The van der Waals surface area contributed by atoms with Crippen molar-refractivity contribution in [1.82, 2.24) is 15.0 Å². The summed E-state index contributed by atoms with van der Waals surface area (Å²) in [6.07, 6.45) is 3.74. The first-order valence-corrected chi connectivity index (χ1v) is 11.3. The molecule has 0 N–H and O–H groups in total. The third-order valence-corrected chi connectivity index (χ3v) is 6.31. The average Bonchev–Trinajstić information content (AvgIpc) is 3.29. The van der Waals surface area contributed by atoms with E-state index < -0.39 is 0 Å². The molecular formula is C22H22ClN3O3S. The lowest BCUT2D eigenvalue weighted by Crippen LogP contribution is -2.39. The number of methoxy groups -OCH3 is 1. The summed E-state index contributed by atoms with van der Waals surface area (Å²) in [5, 5.41) is 4.66. The quantitative estimate of drug-likeness (QED) is 0.508. The highest BCUT2D eigenvalue weighted by atomic mass is 35.5. The highest BCUT2D eigenvalue weighted by Crippen LogP contribution is 2.32. The Bertz CT molecular complexity index is 1060. The summed E-state index contributed by atoms with van der Waals surface area (Å²) < 4.78 is 10.9. The molecule has 1 aliphatic heterocycles. The molecule has 1 fully saturated rings. The molecule has 1 aromatic heterocycles. The molecule has 1 atom stereocenters. The summed E-state index contributed by atoms with van der Waals surface area (Å²) >= 11 is 7.90. The first-order valence-electron chi connectivity index (χ1n) is 9.70. The van der Waals surface area contributed by atoms with Crippen LogP contribution in [0.5, 0.6) is 5.75 Å². The molecule has 1 amide bonds. The topological polar surface area (TPSA) is 68.5 Å². The van der Waals surface area contributed by atoms with Crippen LogP contribution in [0, 0.1) is 0 Å². The van der Waals surface area contributed by atoms with E-state index in [1.54, 1.807) is 24.9 Å². The predicted molar refractivity (Wildman–Crippen MR) is 117 cm³/mol. The van der Waals surface area contributed by atoms with Crippen molar-refractivity contribution >= 4 is 29.3 Å². The zero-order valence-corrected chi connectivity index (χ0v) is 18.4. The number of ether oxygens (including phenoxy) is 1. The lowest BCUT2D eigenvalue weighted by molar-refractivity contribution is 0.0703. The van der Waals surface area contributed by atoms with Gasteiger partial charge in [0.25, 0.3) is 11.8 Å². The van der Waals surface area contributed by atoms with Gasteiger partial charge in [0.1, 0.15) is 5.75 Å². The molecule has 4 rings (SSSR count). The maximum Gasteiger partial charge on any atom is 0.261 e. The van der Waals surface area contributed by atoms with E-state index >= 15 is 0 Å². The van der Waals surface area contributed by atoms with Crippen molar-refractivity contribution in [3.63, 3.8) is 0 Å². The van der Waals surface area contributed by atoms with Gasteiger partial charge in [0.15, 0.2) is 5.82 Å². The standard InChI is InChI=1S/C22H22ClN3O3S/c1-28-19-8-4-3-7-16(19)21-24-20(25-29-21)14-6-5-11-26(13-14)22(27)17-12-15(30-2)9-10-18(17)23/h3-4,7-10,12,14H,5-6,11,13H2,1-2H3/t14-/m0/s1. The van der Waals surface area contributed by atoms with Crippen LogP contribution < -0.4 is 4.74 Å². The predicted octanol–water partition coefficient (Wildman–Crippen LogP) is 5.14. The first kappa shape index (κ1) is 20.8. The Labute approximate surface area is 184 Å². The minimum absolute atomic E-state index is 0.0115. The summed E-state index contributed by atoms with van der Waals surface area (Å²) in [7, 11) is 1.61. The monoisotopic (exact) mass is 443 g/mol. The van der Waals surface area contributed by atoms with Crippen LogP contribution in [0.25, 0.3) is 11.5 Å². The molecular weight excluding hydrogens is 422 g/mol. The third-order valence-electron chi connectivity index (χ3n) is 5.26. The highest BCUT2D eigenvalue weighted by molar-refractivity contribution is 7.98. The van der Waals surface area contributed by atoms with Gasteiger partial charge in [0.05, 0.1) is 23.3 Å². The SMILES string of the molecule is COc1ccccc1-c1nc([C@H]2CCCN(C(=O)c3cc(SC)ccc3Cl)C2)no1. The largest absolute Gasteiger partial charge is 0.496 e. The molecule has 1 aliphatic rings. The lowest BCUT2D eigenvalue weighted by Gasteiger charge is -2.31. The van der Waals surface area contributed by atoms with Crippen molar-refractivity contribution in [2.45, 2.75) is 23.7 Å². The normalized spacial score (nSPS) is 16.5. The molecule has 30 heavy (non-hydrogen) atoms. The molecule has 6 nitrogen and oxygen atoms in total. The molecule has 0 bridgehead atoms. The second kappa shape index (κ2) is 9.10. The molecule has 1 saturated heterocycles. The Balaban J connectivity index is 1.54. The number of para-hydroxylation sites is 1. The number of nitrogens with zero attached hydrogens (tertiary/aromatic N) is 3. The number of carbonyl (C=O) groups is 1. The van der Waals surface area contributed by atoms with Gasteiger partial charge in [-0.2, -0.15) is 4.98 Å². The van der Waals surface area contributed by atoms with Gasteiger partial charge in [0, 0.05) is 23.9 Å². The van der Waals surface area contributed by atoms with Crippen LogP contribution in [0.4, 0.5) is 0 Å². The minimum Gasteiger partial charge on any atom is -0.496 e. The van der Waals surface area contributed by atoms with Crippen molar-refractivity contribution in [2.24, 2.45) is 0 Å². The van der Waals surface area contributed by atoms with Crippen LogP contribution in [0.3, 0.4) is 0 Å². The number of aromatic nitrogens is 2. The van der Waals surface area contributed by atoms with Crippen molar-refractivity contribution in [3.8, 4) is 17.2 Å². The maximum atomic E-state index is 13.1. The summed E-state index contributed by atoms with van der Waals surface area (Å²) in [5.41, 5.74) is 1.29. The maximum absolute atomic E-state index is 13.1. The van der Waals surface area contributed by atoms with Gasteiger partial charge in [-0.3, -0.25) is 4.79 Å². The fraction of sp³-hybridized carbons (Fsp3) is 0.318. The number of thioether (sulfide) groups is 1. The van der Waals surface area contributed by atoms with Gasteiger partial charge in [-0.1, -0.05) is 28.9 Å². The molecule has 2 aromatic carbocycles. The van der Waals surface area contributed by atoms with E-state index in [4.69, 9.17) is 20.9 Å². The number of piperidine rings is 1. The van der Waals surface area contributed by atoms with Gasteiger partial charge in [-0.25, -0.2) is 0 Å². The van der Waals surface area contributed by atoms with Crippen molar-refractivity contribution < 1.29 is 14.1 Å². The number of halogens is 1. The van der Waals surface area contributed by atoms with Crippen LogP contribution in [0.1, 0.15) is 34.9 Å². The second-order valence-corrected chi connectivity index (χ2v) is 8.38. The Kier molecular flexibility index (Phi) is 6.29. The fourth-order valence-corrected chi connectivity index (χ4v) is 4.31. The van der Waals surface area contributed by atoms with Gasteiger partial charge >= 0.3 is 0 Å². The van der Waals surface area contributed by atoms with E-state index in [9.17, 15) is 4.79 Å². The van der Waals surface area contributed by atoms with Crippen molar-refractivity contribution in [1.29, 1.82) is 0 Å². The van der Waals surface area contributed by atoms with Crippen LogP contribution >= 0.6 is 23.4 Å². The number of hydrogen-bond acceptors (Lipinski definition) is 6. The van der Waals surface area contributed by atoms with Gasteiger partial charge < -0.3 is 14.2 Å². The van der Waals surface area contributed by atoms with Crippen LogP contribution in [-0.4, -0.2) is 47.4 Å². The molecule has 0 spiro atoms. The Morgan fingerprint density at radius 3 is 2.93 bits per heavy atom. The minimum atomic E-state index is -0.0611. The first-order chi connectivity index (χ1) is 14.6. The van der Waals surface area contributed by atoms with E-state index in [0.29, 0.717) is 41.1 Å². The van der Waals surface area contributed by atoms with Crippen LogP contribution in [0.2, 0.25) is 5.02 Å². The van der Waals surface area contributed by atoms with Gasteiger partial charge in [-0.05, 0) is 49.4 Å². The molecule has 156 valence electrons. The zero-order chi connectivity index (χ0) is 21.1. The smallest absolute Gasteiger partial charge is 0.261 e. The van der Waals surface area contributed by atoms with E-state index in [2.05, 4.69) is 10.1 Å². The number of benzene rings is 2. The van der Waals surface area contributed by atoms with Crippen LogP contribution in [0.15, 0.2) is 51.9 Å². The molecule has 8 heteroatoms. The fourth-order valence-electron chi connectivity index (χ4n) is 3.67. The van der Waals surface area contributed by atoms with E-state index in [0.717, 1.165) is 23.3 Å². The summed E-state index contributed by atoms with van der Waals surface area (Å²) in [5.74, 6) is 1.65. The number of likely N-dealkylation sites (tertiary alicyclic amines) is 1.